The summed E-state index contributed by atoms with van der Waals surface area (Å²) < 4.78 is 24.3. The van der Waals surface area contributed by atoms with E-state index in [-0.39, 0.29) is 10.7 Å². The maximum Gasteiger partial charge on any atom is 0.269 e. The zero-order valence-corrected chi connectivity index (χ0v) is 12.1. The van der Waals surface area contributed by atoms with Crippen molar-refractivity contribution in [2.75, 3.05) is 0 Å². The molecule has 1 aromatic carbocycles. The molecule has 0 unspecified atom stereocenters. The highest BCUT2D eigenvalue weighted by Crippen LogP contribution is 2.15. The summed E-state index contributed by atoms with van der Waals surface area (Å²) in [5, 5.41) is 15.5. The van der Waals surface area contributed by atoms with Crippen LogP contribution in [0.25, 0.3) is 0 Å². The van der Waals surface area contributed by atoms with Gasteiger partial charge in [0.1, 0.15) is 5.82 Å². The average Bonchev–Trinajstić information content (AvgIpc) is 2.82. The molecule has 0 aliphatic heterocycles. The summed E-state index contributed by atoms with van der Waals surface area (Å²) in [6.07, 6.45) is 1.91. The van der Waals surface area contributed by atoms with Crippen LogP contribution in [0.15, 0.2) is 35.5 Å². The molecule has 1 aromatic heterocycles. The quantitative estimate of drug-likeness (QED) is 0.653. The van der Waals surface area contributed by atoms with Crippen molar-refractivity contribution in [3.05, 3.63) is 52.0 Å². The molecule has 0 fully saturated rings. The molecule has 0 atom stereocenters. The van der Waals surface area contributed by atoms with Crippen LogP contribution in [-0.4, -0.2) is 22.9 Å². The minimum atomic E-state index is -3.85. The first-order chi connectivity index (χ1) is 9.81. The number of rotatable bonds is 5. The standard InChI is InChI=1S/C12H14N4O4S/c1-2-11-14-12(21(13,19)20)8-15(11)7-9-3-5-10(6-4-9)16(17)18/h3-6,8H,2,7H2,1H3,(H2,13,19,20). The molecule has 112 valence electrons. The summed E-state index contributed by atoms with van der Waals surface area (Å²) in [4.78, 5) is 14.1. The lowest BCUT2D eigenvalue weighted by Gasteiger charge is -2.05. The van der Waals surface area contributed by atoms with Gasteiger partial charge in [0.2, 0.25) is 0 Å². The zero-order chi connectivity index (χ0) is 15.6. The van der Waals surface area contributed by atoms with Gasteiger partial charge in [-0.1, -0.05) is 19.1 Å². The molecule has 2 aromatic rings. The largest absolute Gasteiger partial charge is 0.329 e. The van der Waals surface area contributed by atoms with Crippen LogP contribution in [-0.2, 0) is 23.0 Å². The van der Waals surface area contributed by atoms with Crippen molar-refractivity contribution in [3.8, 4) is 0 Å². The number of hydrogen-bond donors (Lipinski definition) is 1. The summed E-state index contributed by atoms with van der Waals surface area (Å²) in [6.45, 7) is 2.21. The molecule has 0 radical (unpaired) electrons. The average molecular weight is 310 g/mol. The SMILES string of the molecule is CCc1nc(S(N)(=O)=O)cn1Cc1ccc([N+](=O)[O-])cc1. The highest BCUT2D eigenvalue weighted by Gasteiger charge is 2.15. The van der Waals surface area contributed by atoms with E-state index >= 15 is 0 Å². The molecule has 2 rings (SSSR count). The second-order valence-corrected chi connectivity index (χ2v) is 5.95. The van der Waals surface area contributed by atoms with E-state index in [9.17, 15) is 18.5 Å². The molecule has 0 aliphatic rings. The van der Waals surface area contributed by atoms with Gasteiger partial charge >= 0.3 is 0 Å². The number of benzene rings is 1. The minimum absolute atomic E-state index is 0.00493. The summed E-state index contributed by atoms with van der Waals surface area (Å²) in [6, 6.07) is 6.04. The predicted octanol–water partition coefficient (Wildman–Crippen LogP) is 1.05. The van der Waals surface area contributed by atoms with Crippen LogP contribution >= 0.6 is 0 Å². The summed E-state index contributed by atoms with van der Waals surface area (Å²) in [5.41, 5.74) is 0.805. The number of nitro groups is 1. The third kappa shape index (κ3) is 3.44. The topological polar surface area (TPSA) is 121 Å². The Morgan fingerprint density at radius 2 is 1.95 bits per heavy atom. The van der Waals surface area contributed by atoms with Crippen LogP contribution < -0.4 is 5.14 Å². The van der Waals surface area contributed by atoms with Gasteiger partial charge < -0.3 is 4.57 Å². The highest BCUT2D eigenvalue weighted by atomic mass is 32.2. The molecule has 1 heterocycles. The lowest BCUT2D eigenvalue weighted by atomic mass is 10.2. The lowest BCUT2D eigenvalue weighted by Crippen LogP contribution is -2.12. The van der Waals surface area contributed by atoms with Gasteiger partial charge in [0.05, 0.1) is 4.92 Å². The molecule has 9 heteroatoms. The number of hydrogen-bond acceptors (Lipinski definition) is 5. The number of imidazole rings is 1. The van der Waals surface area contributed by atoms with Crippen molar-refractivity contribution < 1.29 is 13.3 Å². The maximum absolute atomic E-state index is 11.3. The van der Waals surface area contributed by atoms with E-state index in [1.165, 1.54) is 18.3 Å². The minimum Gasteiger partial charge on any atom is -0.329 e. The van der Waals surface area contributed by atoms with E-state index in [0.29, 0.717) is 18.8 Å². The lowest BCUT2D eigenvalue weighted by molar-refractivity contribution is -0.384. The molecular formula is C12H14N4O4S. The van der Waals surface area contributed by atoms with E-state index in [0.717, 1.165) is 5.56 Å². The predicted molar refractivity (Wildman–Crippen MR) is 75.2 cm³/mol. The number of sulfonamides is 1. The Hall–Kier alpha value is -2.26. The first-order valence-corrected chi connectivity index (χ1v) is 7.68. The molecule has 21 heavy (non-hydrogen) atoms. The number of nitrogens with zero attached hydrogens (tertiary/aromatic N) is 3. The van der Waals surface area contributed by atoms with Crippen molar-refractivity contribution in [1.29, 1.82) is 0 Å². The fourth-order valence-corrected chi connectivity index (χ4v) is 2.41. The van der Waals surface area contributed by atoms with Gasteiger partial charge in [-0.15, -0.1) is 0 Å². The van der Waals surface area contributed by atoms with Crippen molar-refractivity contribution in [2.45, 2.75) is 24.9 Å². The van der Waals surface area contributed by atoms with Crippen LogP contribution in [0.3, 0.4) is 0 Å². The molecule has 0 saturated heterocycles. The Balaban J connectivity index is 2.30. The fraction of sp³-hybridized carbons (Fsp3) is 0.250. The Morgan fingerprint density at radius 1 is 1.33 bits per heavy atom. The normalized spacial score (nSPS) is 11.5. The summed E-state index contributed by atoms with van der Waals surface area (Å²) >= 11 is 0. The van der Waals surface area contributed by atoms with Crippen molar-refractivity contribution in [3.63, 3.8) is 0 Å². The Labute approximate surface area is 121 Å². The summed E-state index contributed by atoms with van der Waals surface area (Å²) in [7, 11) is -3.85. The molecule has 0 bridgehead atoms. The molecule has 0 saturated carbocycles. The monoisotopic (exact) mass is 310 g/mol. The van der Waals surface area contributed by atoms with E-state index < -0.39 is 14.9 Å². The van der Waals surface area contributed by atoms with Crippen LogP contribution in [0.1, 0.15) is 18.3 Å². The Kier molecular flexibility index (Phi) is 4.05. The van der Waals surface area contributed by atoms with E-state index in [2.05, 4.69) is 4.98 Å². The summed E-state index contributed by atoms with van der Waals surface area (Å²) in [5.74, 6) is 0.581. The van der Waals surface area contributed by atoms with E-state index in [1.54, 1.807) is 16.7 Å². The number of non-ortho nitro benzene ring substituents is 1. The molecule has 8 nitrogen and oxygen atoms in total. The third-order valence-corrected chi connectivity index (χ3v) is 3.72. The van der Waals surface area contributed by atoms with Gasteiger partial charge in [-0.3, -0.25) is 10.1 Å². The molecule has 0 aliphatic carbocycles. The van der Waals surface area contributed by atoms with E-state index in [1.807, 2.05) is 6.92 Å². The number of aromatic nitrogens is 2. The Bertz CT molecular complexity index is 765. The van der Waals surface area contributed by atoms with Crippen LogP contribution in [0, 0.1) is 10.1 Å². The van der Waals surface area contributed by atoms with E-state index in [4.69, 9.17) is 5.14 Å². The smallest absolute Gasteiger partial charge is 0.269 e. The second kappa shape index (κ2) is 5.62. The fourth-order valence-electron chi connectivity index (χ4n) is 1.90. The molecule has 0 spiro atoms. The van der Waals surface area contributed by atoms with Gasteiger partial charge in [0.15, 0.2) is 5.03 Å². The zero-order valence-electron chi connectivity index (χ0n) is 11.3. The number of nitrogens with two attached hydrogens (primary N) is 1. The maximum atomic E-state index is 11.3. The van der Waals surface area contributed by atoms with Crippen LogP contribution in [0.2, 0.25) is 0 Å². The van der Waals surface area contributed by atoms with Gasteiger partial charge in [-0.2, -0.15) is 0 Å². The van der Waals surface area contributed by atoms with Gasteiger partial charge in [-0.25, -0.2) is 18.5 Å². The van der Waals surface area contributed by atoms with Crippen molar-refractivity contribution in [2.24, 2.45) is 5.14 Å². The number of nitro benzene ring substituents is 1. The van der Waals surface area contributed by atoms with Crippen LogP contribution in [0.5, 0.6) is 0 Å². The highest BCUT2D eigenvalue weighted by molar-refractivity contribution is 7.89. The van der Waals surface area contributed by atoms with Crippen LogP contribution in [0.4, 0.5) is 5.69 Å². The van der Waals surface area contributed by atoms with Crippen molar-refractivity contribution >= 4 is 15.7 Å². The van der Waals surface area contributed by atoms with Gasteiger partial charge in [0, 0.05) is 31.3 Å². The number of aryl methyl sites for hydroxylation is 1. The second-order valence-electron chi connectivity index (χ2n) is 4.45. The Morgan fingerprint density at radius 3 is 2.43 bits per heavy atom. The first-order valence-electron chi connectivity index (χ1n) is 6.13. The molecular weight excluding hydrogens is 296 g/mol. The van der Waals surface area contributed by atoms with Gasteiger partial charge in [-0.05, 0) is 5.56 Å². The molecule has 0 amide bonds. The molecule has 2 N–H and O–H groups in total. The third-order valence-electron chi connectivity index (χ3n) is 2.94. The first kappa shape index (κ1) is 15.1. The number of primary sulfonamides is 1. The van der Waals surface area contributed by atoms with Gasteiger partial charge in [0.25, 0.3) is 15.7 Å². The van der Waals surface area contributed by atoms with Crippen molar-refractivity contribution in [1.82, 2.24) is 9.55 Å².